The molecule has 2 aromatic rings. The van der Waals surface area contributed by atoms with Crippen molar-refractivity contribution < 1.29 is 33.5 Å². The number of esters is 1. The van der Waals surface area contributed by atoms with Crippen LogP contribution < -0.4 is 14.8 Å². The van der Waals surface area contributed by atoms with Crippen LogP contribution in [0, 0.1) is 24.0 Å². The molecule has 0 fully saturated rings. The van der Waals surface area contributed by atoms with E-state index in [4.69, 9.17) is 14.2 Å². The first-order valence-electron chi connectivity index (χ1n) is 10.3. The summed E-state index contributed by atoms with van der Waals surface area (Å²) in [7, 11) is 2.70. The number of carbonyl (C=O) groups excluding carboxylic acids is 3. The van der Waals surface area contributed by atoms with Crippen molar-refractivity contribution in [1.82, 2.24) is 4.90 Å². The van der Waals surface area contributed by atoms with Gasteiger partial charge in [-0.1, -0.05) is 18.2 Å². The lowest BCUT2D eigenvalue weighted by molar-refractivity contribution is -0.385. The standard InChI is InChI=1S/C23H27N3O8/c1-6-33-19-11-17(26(30)31)16(10-18(19)32-5)23(29)34-13-21(28)25(4)12-20(27)24-22-14(2)8-7-9-15(22)3/h7-11H,6,12-13H2,1-5H3,(H,24,27). The second-order valence-corrected chi connectivity index (χ2v) is 7.35. The quantitative estimate of drug-likeness (QED) is 0.316. The minimum atomic E-state index is -1.09. The average molecular weight is 473 g/mol. The van der Waals surface area contributed by atoms with Gasteiger partial charge in [-0.3, -0.25) is 19.7 Å². The first-order valence-corrected chi connectivity index (χ1v) is 10.3. The number of ether oxygens (including phenoxy) is 3. The van der Waals surface area contributed by atoms with Crippen molar-refractivity contribution >= 4 is 29.2 Å². The Morgan fingerprint density at radius 1 is 1.12 bits per heavy atom. The molecule has 11 nitrogen and oxygen atoms in total. The highest BCUT2D eigenvalue weighted by molar-refractivity contribution is 5.98. The summed E-state index contributed by atoms with van der Waals surface area (Å²) in [5.74, 6) is -1.98. The summed E-state index contributed by atoms with van der Waals surface area (Å²) in [5.41, 5.74) is 1.47. The van der Waals surface area contributed by atoms with E-state index in [9.17, 15) is 24.5 Å². The molecule has 2 rings (SSSR count). The summed E-state index contributed by atoms with van der Waals surface area (Å²) < 4.78 is 15.4. The summed E-state index contributed by atoms with van der Waals surface area (Å²) in [4.78, 5) is 49.0. The van der Waals surface area contributed by atoms with Crippen molar-refractivity contribution in [1.29, 1.82) is 0 Å². The van der Waals surface area contributed by atoms with E-state index in [-0.39, 0.29) is 24.7 Å². The Balaban J connectivity index is 2.04. The number of likely N-dealkylation sites (N-methyl/N-ethyl adjacent to an activating group) is 1. The number of amides is 2. The van der Waals surface area contributed by atoms with Crippen LogP contribution in [0.25, 0.3) is 0 Å². The van der Waals surface area contributed by atoms with Crippen LogP contribution in [0.15, 0.2) is 30.3 Å². The second-order valence-electron chi connectivity index (χ2n) is 7.35. The van der Waals surface area contributed by atoms with Gasteiger partial charge in [-0.25, -0.2) is 4.79 Å². The largest absolute Gasteiger partial charge is 0.493 e. The molecule has 0 radical (unpaired) electrons. The molecule has 0 atom stereocenters. The number of benzene rings is 2. The van der Waals surface area contributed by atoms with Crippen LogP contribution in [-0.4, -0.2) is 61.5 Å². The first-order chi connectivity index (χ1) is 16.1. The van der Waals surface area contributed by atoms with Gasteiger partial charge < -0.3 is 24.4 Å². The fourth-order valence-electron chi connectivity index (χ4n) is 3.10. The summed E-state index contributed by atoms with van der Waals surface area (Å²) in [6, 6.07) is 7.76. The zero-order chi connectivity index (χ0) is 25.4. The van der Waals surface area contributed by atoms with Gasteiger partial charge >= 0.3 is 5.97 Å². The molecule has 0 aliphatic heterocycles. The second kappa shape index (κ2) is 11.6. The smallest absolute Gasteiger partial charge is 0.345 e. The highest BCUT2D eigenvalue weighted by Gasteiger charge is 2.27. The maximum absolute atomic E-state index is 12.5. The maximum Gasteiger partial charge on any atom is 0.345 e. The monoisotopic (exact) mass is 473 g/mol. The van der Waals surface area contributed by atoms with Gasteiger partial charge in [0.15, 0.2) is 18.1 Å². The van der Waals surface area contributed by atoms with E-state index in [1.54, 1.807) is 6.92 Å². The number of methoxy groups -OCH3 is 1. The molecule has 0 unspecified atom stereocenters. The zero-order valence-electron chi connectivity index (χ0n) is 19.7. The van der Waals surface area contributed by atoms with E-state index >= 15 is 0 Å². The molecule has 0 saturated heterocycles. The number of carbonyl (C=O) groups is 3. The molecular formula is C23H27N3O8. The van der Waals surface area contributed by atoms with Gasteiger partial charge in [0.2, 0.25) is 5.91 Å². The minimum Gasteiger partial charge on any atom is -0.493 e. The van der Waals surface area contributed by atoms with Gasteiger partial charge in [-0.15, -0.1) is 0 Å². The molecular weight excluding hydrogens is 446 g/mol. The van der Waals surface area contributed by atoms with Crippen LogP contribution in [-0.2, 0) is 14.3 Å². The van der Waals surface area contributed by atoms with Crippen molar-refractivity contribution in [2.75, 3.05) is 39.2 Å². The van der Waals surface area contributed by atoms with Gasteiger partial charge in [0.25, 0.3) is 11.6 Å². The lowest BCUT2D eigenvalue weighted by Gasteiger charge is -2.18. The van der Waals surface area contributed by atoms with Crippen molar-refractivity contribution in [2.24, 2.45) is 0 Å². The Hall–Kier alpha value is -4.15. The third-order valence-corrected chi connectivity index (χ3v) is 4.88. The van der Waals surface area contributed by atoms with E-state index in [0.29, 0.717) is 5.69 Å². The minimum absolute atomic E-state index is 0.0963. The van der Waals surface area contributed by atoms with Gasteiger partial charge in [0, 0.05) is 18.8 Å². The fraction of sp³-hybridized carbons (Fsp3) is 0.348. The van der Waals surface area contributed by atoms with Crippen molar-refractivity contribution in [3.63, 3.8) is 0 Å². The van der Waals surface area contributed by atoms with Crippen molar-refractivity contribution in [3.05, 3.63) is 57.1 Å². The number of hydrogen-bond donors (Lipinski definition) is 1. The third kappa shape index (κ3) is 6.44. The summed E-state index contributed by atoms with van der Waals surface area (Å²) in [6.45, 7) is 4.64. The number of nitrogens with zero attached hydrogens (tertiary/aromatic N) is 2. The molecule has 0 spiro atoms. The molecule has 0 heterocycles. The molecule has 0 bridgehead atoms. The molecule has 0 saturated carbocycles. The highest BCUT2D eigenvalue weighted by Crippen LogP contribution is 2.35. The van der Waals surface area contributed by atoms with Crippen molar-refractivity contribution in [2.45, 2.75) is 20.8 Å². The third-order valence-electron chi connectivity index (χ3n) is 4.88. The number of rotatable bonds is 10. The first kappa shape index (κ1) is 26.1. The van der Waals surface area contributed by atoms with Crippen LogP contribution in [0.2, 0.25) is 0 Å². The number of aryl methyl sites for hydroxylation is 2. The van der Waals surface area contributed by atoms with Gasteiger partial charge in [-0.2, -0.15) is 0 Å². The average Bonchev–Trinajstić information content (AvgIpc) is 2.79. The predicted octanol–water partition coefficient (Wildman–Crippen LogP) is 2.87. The molecule has 0 aromatic heterocycles. The molecule has 34 heavy (non-hydrogen) atoms. The molecule has 1 N–H and O–H groups in total. The van der Waals surface area contributed by atoms with Crippen LogP contribution in [0.3, 0.4) is 0 Å². The van der Waals surface area contributed by atoms with Gasteiger partial charge in [-0.05, 0) is 31.9 Å². The summed E-state index contributed by atoms with van der Waals surface area (Å²) in [5, 5.41) is 14.2. The van der Waals surface area contributed by atoms with Gasteiger partial charge in [0.1, 0.15) is 5.56 Å². The van der Waals surface area contributed by atoms with Crippen LogP contribution in [0.4, 0.5) is 11.4 Å². The molecule has 0 aliphatic carbocycles. The van der Waals surface area contributed by atoms with E-state index in [0.717, 1.165) is 28.2 Å². The molecule has 2 amide bonds. The Morgan fingerprint density at radius 3 is 2.32 bits per heavy atom. The van der Waals surface area contributed by atoms with Crippen LogP contribution in [0.5, 0.6) is 11.5 Å². The highest BCUT2D eigenvalue weighted by atomic mass is 16.6. The van der Waals surface area contributed by atoms with E-state index in [1.807, 2.05) is 32.0 Å². The Bertz CT molecular complexity index is 1080. The zero-order valence-corrected chi connectivity index (χ0v) is 19.7. The number of anilines is 1. The molecule has 2 aromatic carbocycles. The normalized spacial score (nSPS) is 10.3. The molecule has 11 heteroatoms. The number of nitrogens with one attached hydrogen (secondary N) is 1. The Morgan fingerprint density at radius 2 is 1.76 bits per heavy atom. The Kier molecular flexibility index (Phi) is 8.94. The molecule has 182 valence electrons. The lowest BCUT2D eigenvalue weighted by atomic mass is 10.1. The lowest BCUT2D eigenvalue weighted by Crippen LogP contribution is -2.37. The van der Waals surface area contributed by atoms with E-state index < -0.39 is 40.6 Å². The van der Waals surface area contributed by atoms with Crippen LogP contribution in [0.1, 0.15) is 28.4 Å². The maximum atomic E-state index is 12.5. The van der Waals surface area contributed by atoms with E-state index in [2.05, 4.69) is 5.32 Å². The number of para-hydroxylation sites is 1. The van der Waals surface area contributed by atoms with Gasteiger partial charge in [0.05, 0.1) is 31.3 Å². The number of nitro benzene ring substituents is 1. The number of nitro groups is 1. The summed E-state index contributed by atoms with van der Waals surface area (Å²) >= 11 is 0. The number of hydrogen-bond acceptors (Lipinski definition) is 8. The SMILES string of the molecule is CCOc1cc([N+](=O)[O-])c(C(=O)OCC(=O)N(C)CC(=O)Nc2c(C)cccc2C)cc1OC. The van der Waals surface area contributed by atoms with Crippen molar-refractivity contribution in [3.8, 4) is 11.5 Å². The van der Waals surface area contributed by atoms with E-state index in [1.165, 1.54) is 14.2 Å². The van der Waals surface area contributed by atoms with Crippen LogP contribution >= 0.6 is 0 Å². The Labute approximate surface area is 196 Å². The predicted molar refractivity (Wildman–Crippen MR) is 123 cm³/mol. The molecule has 0 aliphatic rings. The topological polar surface area (TPSA) is 137 Å². The summed E-state index contributed by atoms with van der Waals surface area (Å²) in [6.07, 6.45) is 0. The fourth-order valence-corrected chi connectivity index (χ4v) is 3.10.